The third-order valence-corrected chi connectivity index (χ3v) is 13.8. The van der Waals surface area contributed by atoms with E-state index in [1.807, 2.05) is 25.6 Å². The molecule has 0 aromatic carbocycles. The van der Waals surface area contributed by atoms with Gasteiger partial charge >= 0.3 is 7.60 Å². The highest BCUT2D eigenvalue weighted by Crippen LogP contribution is 2.68. The van der Waals surface area contributed by atoms with Gasteiger partial charge in [-0.1, -0.05) is 115 Å². The van der Waals surface area contributed by atoms with E-state index in [-0.39, 0.29) is 4.32 Å². The largest absolute Gasteiger partial charge is 0.354 e. The first kappa shape index (κ1) is 32.0. The fourth-order valence-corrected chi connectivity index (χ4v) is 11.8. The van der Waals surface area contributed by atoms with Gasteiger partial charge in [0.1, 0.15) is 0 Å². The van der Waals surface area contributed by atoms with Crippen LogP contribution < -0.4 is 0 Å². The maximum atomic E-state index is 13.0. The van der Waals surface area contributed by atoms with Crippen molar-refractivity contribution in [3.63, 3.8) is 0 Å². The SMILES string of the molecule is CCCCCCCCCCCCCCCCCCSC1=C(C)SC(P(=O)(OCC)OCC)S1. The Kier molecular flexibility index (Phi) is 20.4. The molecule has 1 heterocycles. The Bertz CT molecular complexity index is 547. The third-order valence-electron chi connectivity index (χ3n) is 5.88. The Morgan fingerprint density at radius 1 is 0.697 bits per heavy atom. The molecule has 0 aromatic heterocycles. The van der Waals surface area contributed by atoms with Gasteiger partial charge < -0.3 is 9.05 Å². The monoisotopic (exact) mass is 538 g/mol. The Morgan fingerprint density at radius 2 is 1.12 bits per heavy atom. The molecule has 0 aromatic rings. The minimum Gasteiger partial charge on any atom is -0.307 e. The molecule has 0 saturated heterocycles. The molecule has 0 bridgehead atoms. The molecular weight excluding hydrogens is 487 g/mol. The van der Waals surface area contributed by atoms with E-state index in [4.69, 9.17) is 9.05 Å². The zero-order chi connectivity index (χ0) is 24.2. The Labute approximate surface area is 218 Å². The van der Waals surface area contributed by atoms with Crippen LogP contribution in [0.4, 0.5) is 0 Å². The third kappa shape index (κ3) is 14.9. The average molecular weight is 539 g/mol. The smallest absolute Gasteiger partial charge is 0.307 e. The van der Waals surface area contributed by atoms with E-state index in [2.05, 4.69) is 13.8 Å². The number of hydrogen-bond donors (Lipinski definition) is 0. The fraction of sp³-hybridized carbons (Fsp3) is 0.923. The molecule has 7 heteroatoms. The van der Waals surface area contributed by atoms with Gasteiger partial charge in [-0.2, -0.15) is 0 Å². The van der Waals surface area contributed by atoms with Crippen LogP contribution in [0, 0.1) is 0 Å². The highest BCUT2D eigenvalue weighted by molar-refractivity contribution is 8.36. The molecular formula is C26H51O3PS3. The van der Waals surface area contributed by atoms with Gasteiger partial charge in [0.05, 0.1) is 17.5 Å². The van der Waals surface area contributed by atoms with Crippen molar-refractivity contribution in [2.45, 2.75) is 135 Å². The summed E-state index contributed by atoms with van der Waals surface area (Å²) in [4.78, 5) is 1.27. The summed E-state index contributed by atoms with van der Waals surface area (Å²) in [6, 6.07) is 0. The van der Waals surface area contributed by atoms with Gasteiger partial charge in [0.15, 0.2) is 4.32 Å². The molecule has 0 N–H and O–H groups in total. The standard InChI is InChI=1S/C26H51O3PS3/c1-5-8-9-10-11-12-13-14-15-16-17-18-19-20-21-22-23-31-25-24(4)32-26(33-25)30(27,28-6-2)29-7-3/h26H,5-23H2,1-4H3. The van der Waals surface area contributed by atoms with E-state index in [1.54, 1.807) is 23.5 Å². The van der Waals surface area contributed by atoms with Crippen LogP contribution in [-0.2, 0) is 13.6 Å². The van der Waals surface area contributed by atoms with E-state index in [0.717, 1.165) is 5.75 Å². The van der Waals surface area contributed by atoms with Crippen LogP contribution in [-0.4, -0.2) is 23.3 Å². The van der Waals surface area contributed by atoms with Crippen LogP contribution in [0.25, 0.3) is 0 Å². The topological polar surface area (TPSA) is 35.5 Å². The number of allylic oxidation sites excluding steroid dienone is 1. The van der Waals surface area contributed by atoms with Crippen molar-refractivity contribution in [3.8, 4) is 0 Å². The maximum absolute atomic E-state index is 13.0. The first-order chi connectivity index (χ1) is 16.1. The van der Waals surface area contributed by atoms with Crippen LogP contribution in [0.1, 0.15) is 130 Å². The second kappa shape index (κ2) is 21.1. The van der Waals surface area contributed by atoms with Crippen LogP contribution >= 0.6 is 42.9 Å². The van der Waals surface area contributed by atoms with Crippen LogP contribution in [0.3, 0.4) is 0 Å². The molecule has 3 nitrogen and oxygen atoms in total. The lowest BCUT2D eigenvalue weighted by Crippen LogP contribution is -2.04. The Hall–Kier alpha value is 0.940. The molecule has 1 atom stereocenters. The molecule has 196 valence electrons. The van der Waals surface area contributed by atoms with Crippen LogP contribution in [0.2, 0.25) is 0 Å². The molecule has 1 aliphatic rings. The summed E-state index contributed by atoms with van der Waals surface area (Å²) in [5, 5.41) is 0. The summed E-state index contributed by atoms with van der Waals surface area (Å²) in [5.74, 6) is 1.15. The lowest BCUT2D eigenvalue weighted by molar-refractivity contribution is 0.223. The first-order valence-corrected chi connectivity index (χ1v) is 18.0. The average Bonchev–Trinajstić information content (AvgIpc) is 3.17. The summed E-state index contributed by atoms with van der Waals surface area (Å²) in [6.45, 7) is 9.03. The zero-order valence-electron chi connectivity index (χ0n) is 21.9. The van der Waals surface area contributed by atoms with Gasteiger partial charge in [0.25, 0.3) is 0 Å². The highest BCUT2D eigenvalue weighted by atomic mass is 32.2. The van der Waals surface area contributed by atoms with Gasteiger partial charge in [-0.3, -0.25) is 4.57 Å². The Morgan fingerprint density at radius 3 is 1.55 bits per heavy atom. The normalized spacial score (nSPS) is 16.8. The van der Waals surface area contributed by atoms with Crippen molar-refractivity contribution in [3.05, 3.63) is 9.14 Å². The zero-order valence-corrected chi connectivity index (χ0v) is 25.3. The summed E-state index contributed by atoms with van der Waals surface area (Å²) in [6.07, 6.45) is 22.5. The van der Waals surface area contributed by atoms with E-state index >= 15 is 0 Å². The molecule has 0 aliphatic carbocycles. The predicted molar refractivity (Wildman–Crippen MR) is 155 cm³/mol. The molecule has 1 unspecified atom stereocenters. The maximum Gasteiger partial charge on any atom is 0.354 e. The number of thioether (sulfide) groups is 3. The van der Waals surface area contributed by atoms with E-state index in [1.165, 1.54) is 112 Å². The summed E-state index contributed by atoms with van der Waals surface area (Å²) >= 11 is 5.27. The van der Waals surface area contributed by atoms with E-state index in [9.17, 15) is 4.57 Å². The van der Waals surface area contributed by atoms with Gasteiger partial charge in [0, 0.05) is 4.91 Å². The first-order valence-electron chi connectivity index (χ1n) is 13.6. The van der Waals surface area contributed by atoms with Crippen molar-refractivity contribution < 1.29 is 13.6 Å². The summed E-state index contributed by atoms with van der Waals surface area (Å²) < 4.78 is 25.3. The lowest BCUT2D eigenvalue weighted by Gasteiger charge is -2.21. The van der Waals surface area contributed by atoms with Gasteiger partial charge in [-0.05, 0) is 32.9 Å². The molecule has 1 rings (SSSR count). The van der Waals surface area contributed by atoms with Gasteiger partial charge in [-0.25, -0.2) is 0 Å². The van der Waals surface area contributed by atoms with Crippen LogP contribution in [0.5, 0.6) is 0 Å². The number of unbranched alkanes of at least 4 members (excludes halogenated alkanes) is 15. The van der Waals surface area contributed by atoms with Gasteiger partial charge in [0.2, 0.25) is 0 Å². The number of rotatable bonds is 23. The molecule has 1 aliphatic heterocycles. The summed E-state index contributed by atoms with van der Waals surface area (Å²) in [7, 11) is -3.05. The van der Waals surface area contributed by atoms with Crippen molar-refractivity contribution >= 4 is 42.9 Å². The van der Waals surface area contributed by atoms with Crippen molar-refractivity contribution in [1.82, 2.24) is 0 Å². The van der Waals surface area contributed by atoms with Gasteiger partial charge in [-0.15, -0.1) is 23.5 Å². The Balaban J connectivity index is 1.95. The second-order valence-electron chi connectivity index (χ2n) is 8.91. The lowest BCUT2D eigenvalue weighted by atomic mass is 10.0. The van der Waals surface area contributed by atoms with E-state index < -0.39 is 7.60 Å². The molecule has 0 saturated carbocycles. The molecule has 0 spiro atoms. The fourth-order valence-electron chi connectivity index (χ4n) is 4.00. The second-order valence-corrected chi connectivity index (χ2v) is 15.8. The highest BCUT2D eigenvalue weighted by Gasteiger charge is 2.41. The molecule has 0 fully saturated rings. The number of hydrogen-bond acceptors (Lipinski definition) is 6. The van der Waals surface area contributed by atoms with Crippen molar-refractivity contribution in [1.29, 1.82) is 0 Å². The minimum atomic E-state index is -3.05. The molecule has 0 radical (unpaired) electrons. The van der Waals surface area contributed by atoms with Crippen LogP contribution in [0.15, 0.2) is 9.14 Å². The van der Waals surface area contributed by atoms with E-state index in [0.29, 0.717) is 13.2 Å². The van der Waals surface area contributed by atoms with Crippen molar-refractivity contribution in [2.24, 2.45) is 0 Å². The summed E-state index contributed by atoms with van der Waals surface area (Å²) in [5.41, 5.74) is 0. The predicted octanol–water partition coefficient (Wildman–Crippen LogP) is 11.2. The molecule has 33 heavy (non-hydrogen) atoms. The molecule has 0 amide bonds. The quantitative estimate of drug-likeness (QED) is 0.0950. The van der Waals surface area contributed by atoms with Crippen molar-refractivity contribution in [2.75, 3.05) is 19.0 Å². The minimum absolute atomic E-state index is 0.148.